The SMILES string of the molecule is CCC(C)CCC(C)CC(CC)CC.CCCCC.CCCCC. The Morgan fingerprint density at radius 2 is 0.875 bits per heavy atom. The Morgan fingerprint density at radius 3 is 1.12 bits per heavy atom. The molecule has 0 amide bonds. The first-order valence-electron chi connectivity index (χ1n) is 11.5. The summed E-state index contributed by atoms with van der Waals surface area (Å²) < 4.78 is 0. The molecule has 0 bridgehead atoms. The molecule has 0 saturated heterocycles. The maximum absolute atomic E-state index is 2.43. The highest BCUT2D eigenvalue weighted by Gasteiger charge is 2.10. The fourth-order valence-corrected chi connectivity index (χ4v) is 2.79. The zero-order valence-corrected chi connectivity index (χ0v) is 19.2. The Kier molecular flexibility index (Phi) is 30.3. The van der Waals surface area contributed by atoms with Crippen molar-refractivity contribution in [1.82, 2.24) is 0 Å². The van der Waals surface area contributed by atoms with Crippen LogP contribution in [0.4, 0.5) is 0 Å². The van der Waals surface area contributed by atoms with E-state index in [2.05, 4.69) is 62.3 Å². The molecule has 0 aliphatic rings. The van der Waals surface area contributed by atoms with Gasteiger partial charge in [-0.1, -0.05) is 133 Å². The molecule has 0 rings (SSSR count). The van der Waals surface area contributed by atoms with Gasteiger partial charge in [0.15, 0.2) is 0 Å². The number of rotatable bonds is 12. The minimum Gasteiger partial charge on any atom is -0.0654 e. The van der Waals surface area contributed by atoms with E-state index in [1.165, 1.54) is 77.0 Å². The van der Waals surface area contributed by atoms with Gasteiger partial charge in [0, 0.05) is 0 Å². The minimum absolute atomic E-state index is 0.930. The van der Waals surface area contributed by atoms with E-state index in [-0.39, 0.29) is 0 Å². The van der Waals surface area contributed by atoms with Crippen molar-refractivity contribution in [3.05, 3.63) is 0 Å². The molecule has 0 spiro atoms. The average molecular weight is 343 g/mol. The van der Waals surface area contributed by atoms with E-state index in [1.54, 1.807) is 0 Å². The molecule has 2 atom stereocenters. The van der Waals surface area contributed by atoms with Crippen LogP contribution in [-0.4, -0.2) is 0 Å². The van der Waals surface area contributed by atoms with Gasteiger partial charge in [0.25, 0.3) is 0 Å². The molecule has 0 radical (unpaired) electrons. The van der Waals surface area contributed by atoms with Crippen molar-refractivity contribution in [2.45, 2.75) is 139 Å². The van der Waals surface area contributed by atoms with Gasteiger partial charge >= 0.3 is 0 Å². The molecule has 0 aliphatic heterocycles. The lowest BCUT2D eigenvalue weighted by molar-refractivity contribution is 0.331. The van der Waals surface area contributed by atoms with Crippen LogP contribution in [0.5, 0.6) is 0 Å². The van der Waals surface area contributed by atoms with E-state index < -0.39 is 0 Å². The molecule has 0 heteroatoms. The molecule has 0 aromatic carbocycles. The third-order valence-electron chi connectivity index (χ3n) is 5.15. The van der Waals surface area contributed by atoms with Gasteiger partial charge in [-0.25, -0.2) is 0 Å². The molecular weight excluding hydrogens is 288 g/mol. The second-order valence-corrected chi connectivity index (χ2v) is 7.82. The summed E-state index contributed by atoms with van der Waals surface area (Å²) >= 11 is 0. The summed E-state index contributed by atoms with van der Waals surface area (Å²) in [5.41, 5.74) is 0. The summed E-state index contributed by atoms with van der Waals surface area (Å²) in [4.78, 5) is 0. The summed E-state index contributed by atoms with van der Waals surface area (Å²) in [6, 6.07) is 0. The predicted octanol–water partition coefficient (Wildman–Crippen LogP) is 9.67. The normalized spacial score (nSPS) is 12.8. The topological polar surface area (TPSA) is 0 Å². The summed E-state index contributed by atoms with van der Waals surface area (Å²) in [5, 5.41) is 0. The fraction of sp³-hybridized carbons (Fsp3) is 1.00. The van der Waals surface area contributed by atoms with Crippen LogP contribution in [-0.2, 0) is 0 Å². The van der Waals surface area contributed by atoms with E-state index in [9.17, 15) is 0 Å². The van der Waals surface area contributed by atoms with Crippen LogP contribution < -0.4 is 0 Å². The lowest BCUT2D eigenvalue weighted by Crippen LogP contribution is -2.06. The van der Waals surface area contributed by atoms with Crippen molar-refractivity contribution >= 4 is 0 Å². The standard InChI is InChI=1S/C14H30.2C5H12/c1-6-12(4)9-10-13(5)11-14(7-2)8-3;2*1-3-5-4-2/h12-14H,6-11H2,1-5H3;2*3-5H2,1-2H3. The van der Waals surface area contributed by atoms with Crippen LogP contribution in [0.3, 0.4) is 0 Å². The van der Waals surface area contributed by atoms with Gasteiger partial charge in [-0.2, -0.15) is 0 Å². The lowest BCUT2D eigenvalue weighted by atomic mass is 9.87. The third-order valence-corrected chi connectivity index (χ3v) is 5.15. The first-order chi connectivity index (χ1) is 11.5. The lowest BCUT2D eigenvalue weighted by Gasteiger charge is -2.19. The molecule has 24 heavy (non-hydrogen) atoms. The second-order valence-electron chi connectivity index (χ2n) is 7.82. The Hall–Kier alpha value is 0. The van der Waals surface area contributed by atoms with E-state index in [4.69, 9.17) is 0 Å². The Bertz CT molecular complexity index is 170. The molecule has 0 N–H and O–H groups in total. The number of unbranched alkanes of at least 4 members (excludes halogenated alkanes) is 4. The number of hydrogen-bond donors (Lipinski definition) is 0. The van der Waals surface area contributed by atoms with Crippen LogP contribution in [0.15, 0.2) is 0 Å². The third kappa shape index (κ3) is 26.9. The van der Waals surface area contributed by atoms with Gasteiger partial charge in [0.05, 0.1) is 0 Å². The van der Waals surface area contributed by atoms with Crippen LogP contribution in [0, 0.1) is 17.8 Å². The van der Waals surface area contributed by atoms with Gasteiger partial charge in [0.2, 0.25) is 0 Å². The zero-order chi connectivity index (χ0) is 19.2. The van der Waals surface area contributed by atoms with Crippen LogP contribution >= 0.6 is 0 Å². The fourth-order valence-electron chi connectivity index (χ4n) is 2.79. The molecule has 150 valence electrons. The number of hydrogen-bond acceptors (Lipinski definition) is 0. The maximum atomic E-state index is 2.43. The molecule has 0 saturated carbocycles. The molecule has 0 heterocycles. The zero-order valence-electron chi connectivity index (χ0n) is 19.2. The Morgan fingerprint density at radius 1 is 0.500 bits per heavy atom. The first kappa shape index (κ1) is 28.8. The van der Waals surface area contributed by atoms with Crippen LogP contribution in [0.1, 0.15) is 139 Å². The molecule has 2 unspecified atom stereocenters. The van der Waals surface area contributed by atoms with Crippen LogP contribution in [0.25, 0.3) is 0 Å². The highest BCUT2D eigenvalue weighted by molar-refractivity contribution is 4.62. The van der Waals surface area contributed by atoms with Crippen LogP contribution in [0.2, 0.25) is 0 Å². The molecule has 0 fully saturated rings. The molecule has 0 nitrogen and oxygen atoms in total. The maximum Gasteiger partial charge on any atom is -0.0417 e. The van der Waals surface area contributed by atoms with Gasteiger partial charge in [-0.05, 0) is 24.2 Å². The average Bonchev–Trinajstić information content (AvgIpc) is 2.60. The molecule has 0 aromatic rings. The summed E-state index contributed by atoms with van der Waals surface area (Å²) in [6.07, 6.45) is 16.5. The summed E-state index contributed by atoms with van der Waals surface area (Å²) in [5.74, 6) is 2.84. The van der Waals surface area contributed by atoms with E-state index in [1.807, 2.05) is 0 Å². The highest BCUT2D eigenvalue weighted by atomic mass is 14.2. The van der Waals surface area contributed by atoms with Gasteiger partial charge in [0.1, 0.15) is 0 Å². The van der Waals surface area contributed by atoms with E-state index >= 15 is 0 Å². The minimum atomic E-state index is 0.930. The van der Waals surface area contributed by atoms with Crippen molar-refractivity contribution in [3.8, 4) is 0 Å². The van der Waals surface area contributed by atoms with Gasteiger partial charge < -0.3 is 0 Å². The largest absolute Gasteiger partial charge is 0.0654 e. The smallest absolute Gasteiger partial charge is 0.0417 e. The van der Waals surface area contributed by atoms with Gasteiger partial charge in [-0.3, -0.25) is 0 Å². The Labute approximate surface area is 157 Å². The van der Waals surface area contributed by atoms with E-state index in [0.717, 1.165) is 17.8 Å². The highest BCUT2D eigenvalue weighted by Crippen LogP contribution is 2.24. The summed E-state index contributed by atoms with van der Waals surface area (Å²) in [7, 11) is 0. The predicted molar refractivity (Wildman–Crippen MR) is 117 cm³/mol. The monoisotopic (exact) mass is 342 g/mol. The Balaban J connectivity index is -0.000000361. The first-order valence-corrected chi connectivity index (χ1v) is 11.5. The summed E-state index contributed by atoms with van der Waals surface area (Å²) in [6.45, 7) is 20.6. The second kappa shape index (κ2) is 25.2. The molecule has 0 aromatic heterocycles. The van der Waals surface area contributed by atoms with Crippen molar-refractivity contribution in [3.63, 3.8) is 0 Å². The van der Waals surface area contributed by atoms with Crippen molar-refractivity contribution in [2.75, 3.05) is 0 Å². The van der Waals surface area contributed by atoms with Crippen molar-refractivity contribution in [1.29, 1.82) is 0 Å². The van der Waals surface area contributed by atoms with Crippen molar-refractivity contribution in [2.24, 2.45) is 17.8 Å². The van der Waals surface area contributed by atoms with Gasteiger partial charge in [-0.15, -0.1) is 0 Å². The van der Waals surface area contributed by atoms with E-state index in [0.29, 0.717) is 0 Å². The molecule has 0 aliphatic carbocycles. The molecular formula is C24H54. The quantitative estimate of drug-likeness (QED) is 0.331. The van der Waals surface area contributed by atoms with Crippen molar-refractivity contribution < 1.29 is 0 Å².